The fourth-order valence-electron chi connectivity index (χ4n) is 4.46. The lowest BCUT2D eigenvalue weighted by molar-refractivity contribution is -0.206. The van der Waals surface area contributed by atoms with E-state index in [0.717, 1.165) is 18.9 Å². The zero-order valence-electron chi connectivity index (χ0n) is 16.0. The van der Waals surface area contributed by atoms with Gasteiger partial charge in [-0.3, -0.25) is 4.90 Å². The van der Waals surface area contributed by atoms with E-state index < -0.39 is 18.4 Å². The quantitative estimate of drug-likeness (QED) is 0.649. The monoisotopic (exact) mass is 437 g/mol. The van der Waals surface area contributed by atoms with E-state index in [9.17, 15) is 28.2 Å². The molecule has 3 aromatic rings. The molecule has 0 radical (unpaired) electrons. The molecule has 2 bridgehead atoms. The van der Waals surface area contributed by atoms with Crippen molar-refractivity contribution in [3.05, 3.63) is 36.2 Å². The third-order valence-corrected chi connectivity index (χ3v) is 5.83. The molecular formula is C19H18F3N5O4. The van der Waals surface area contributed by atoms with Crippen LogP contribution in [0.4, 0.5) is 24.0 Å². The van der Waals surface area contributed by atoms with Gasteiger partial charge >= 0.3 is 12.3 Å². The number of aliphatic hydroxyl groups is 1. The van der Waals surface area contributed by atoms with E-state index in [-0.39, 0.29) is 40.4 Å². The minimum Gasteiger partial charge on any atom is -0.465 e. The Balaban J connectivity index is 1.56. The number of rotatable bonds is 3. The van der Waals surface area contributed by atoms with Gasteiger partial charge in [0.05, 0.1) is 12.1 Å². The van der Waals surface area contributed by atoms with E-state index >= 15 is 0 Å². The molecule has 3 atom stereocenters. The number of aliphatic hydroxyl groups excluding tert-OH is 1. The summed E-state index contributed by atoms with van der Waals surface area (Å²) in [6.07, 6.45) is -4.00. The van der Waals surface area contributed by atoms with Crippen molar-refractivity contribution < 1.29 is 32.6 Å². The second-order valence-corrected chi connectivity index (χ2v) is 7.76. The predicted octanol–water partition coefficient (Wildman–Crippen LogP) is 2.94. The summed E-state index contributed by atoms with van der Waals surface area (Å²) in [5.41, 5.74) is 0.215. The maximum atomic E-state index is 13.1. The smallest absolute Gasteiger partial charge is 0.418 e. The predicted molar refractivity (Wildman–Crippen MR) is 101 cm³/mol. The van der Waals surface area contributed by atoms with E-state index in [1.54, 1.807) is 12.3 Å². The number of piperazine rings is 1. The van der Waals surface area contributed by atoms with Gasteiger partial charge in [0.1, 0.15) is 11.2 Å². The molecule has 1 amide bonds. The molecule has 2 aromatic heterocycles. The van der Waals surface area contributed by atoms with Crippen molar-refractivity contribution in [1.29, 1.82) is 0 Å². The Morgan fingerprint density at radius 3 is 2.52 bits per heavy atom. The van der Waals surface area contributed by atoms with Gasteiger partial charge in [0.2, 0.25) is 0 Å². The third-order valence-electron chi connectivity index (χ3n) is 5.83. The molecule has 0 spiro atoms. The van der Waals surface area contributed by atoms with Crippen LogP contribution in [0.5, 0.6) is 0 Å². The Morgan fingerprint density at radius 2 is 1.94 bits per heavy atom. The maximum Gasteiger partial charge on any atom is 0.418 e. The van der Waals surface area contributed by atoms with E-state index in [2.05, 4.69) is 10.1 Å². The third kappa shape index (κ3) is 3.26. The van der Waals surface area contributed by atoms with Gasteiger partial charge in [-0.15, -0.1) is 0 Å². The fraction of sp³-hybridized carbons (Fsp3) is 0.421. The minimum absolute atomic E-state index is 0.148. The van der Waals surface area contributed by atoms with Crippen LogP contribution < -0.4 is 4.90 Å². The molecule has 5 rings (SSSR count). The summed E-state index contributed by atoms with van der Waals surface area (Å²) in [4.78, 5) is 19.1. The number of hydrogen-bond donors (Lipinski definition) is 2. The second-order valence-electron chi connectivity index (χ2n) is 7.76. The number of aromatic nitrogens is 3. The molecule has 9 nitrogen and oxygen atoms in total. The van der Waals surface area contributed by atoms with E-state index in [4.69, 9.17) is 4.42 Å². The lowest BCUT2D eigenvalue weighted by Gasteiger charge is -2.38. The molecule has 31 heavy (non-hydrogen) atoms. The number of carbonyl (C=O) groups is 1. The number of halogens is 3. The lowest BCUT2D eigenvalue weighted by atomic mass is 10.1. The highest BCUT2D eigenvalue weighted by atomic mass is 19.4. The first-order chi connectivity index (χ1) is 14.7. The van der Waals surface area contributed by atoms with E-state index in [1.165, 1.54) is 21.8 Å². The Labute approximate surface area is 173 Å². The molecule has 0 aliphatic carbocycles. The Hall–Kier alpha value is -3.28. The van der Waals surface area contributed by atoms with Crippen molar-refractivity contribution in [2.75, 3.05) is 18.0 Å². The second kappa shape index (κ2) is 6.87. The van der Waals surface area contributed by atoms with Crippen LogP contribution in [-0.4, -0.2) is 67.3 Å². The van der Waals surface area contributed by atoms with Crippen LogP contribution >= 0.6 is 0 Å². The molecule has 0 saturated carbocycles. The number of nitrogens with zero attached hydrogens (tertiary/aromatic N) is 5. The standard InChI is InChI=1S/C19H18F3N5O4/c20-19(21,22)16(28)10-6-13-15(14(7-10)26-5-1-4-23-26)31-17(24-13)25-8-11-2-3-12(9-25)27(11)18(29)30/h1,4-7,11-12,16,28H,2-3,8-9H2,(H,29,30). The first kappa shape index (κ1) is 19.7. The zero-order valence-corrected chi connectivity index (χ0v) is 16.0. The van der Waals surface area contributed by atoms with Crippen molar-refractivity contribution in [3.8, 4) is 5.69 Å². The topological polar surface area (TPSA) is 108 Å². The number of fused-ring (bicyclic) bond motifs is 3. The van der Waals surface area contributed by atoms with Gasteiger partial charge in [-0.05, 0) is 36.6 Å². The largest absolute Gasteiger partial charge is 0.465 e. The highest BCUT2D eigenvalue weighted by Crippen LogP contribution is 2.38. The van der Waals surface area contributed by atoms with Gasteiger partial charge in [0.15, 0.2) is 11.7 Å². The van der Waals surface area contributed by atoms with Crippen molar-refractivity contribution in [2.24, 2.45) is 0 Å². The van der Waals surface area contributed by atoms with Gasteiger partial charge in [-0.2, -0.15) is 23.3 Å². The molecule has 2 N–H and O–H groups in total. The van der Waals surface area contributed by atoms with Gasteiger partial charge in [-0.1, -0.05) is 0 Å². The SMILES string of the molecule is O=C(O)N1C2CCC1CN(c1nc3cc(C(O)C(F)(F)F)cc(-n4cccn4)c3o1)C2. The number of amides is 1. The molecule has 2 saturated heterocycles. The first-order valence-electron chi connectivity index (χ1n) is 9.68. The Morgan fingerprint density at radius 1 is 1.23 bits per heavy atom. The number of alkyl halides is 3. The first-order valence-corrected chi connectivity index (χ1v) is 9.68. The van der Waals surface area contributed by atoms with Crippen LogP contribution in [0.3, 0.4) is 0 Å². The Kier molecular flexibility index (Phi) is 4.36. The number of hydrogen-bond acceptors (Lipinski definition) is 6. The summed E-state index contributed by atoms with van der Waals surface area (Å²) >= 11 is 0. The van der Waals surface area contributed by atoms with Gasteiger partial charge in [-0.25, -0.2) is 9.48 Å². The Bertz CT molecular complexity index is 1120. The average molecular weight is 437 g/mol. The highest BCUT2D eigenvalue weighted by molar-refractivity contribution is 5.84. The average Bonchev–Trinajstić information content (AvgIpc) is 3.43. The van der Waals surface area contributed by atoms with Gasteiger partial charge < -0.3 is 19.5 Å². The van der Waals surface area contributed by atoms with Crippen LogP contribution in [0.1, 0.15) is 24.5 Å². The van der Waals surface area contributed by atoms with Crippen LogP contribution in [0, 0.1) is 0 Å². The maximum absolute atomic E-state index is 13.1. The molecule has 2 aliphatic rings. The van der Waals surface area contributed by atoms with E-state index in [1.807, 2.05) is 4.90 Å². The molecule has 2 aliphatic heterocycles. The molecule has 4 heterocycles. The summed E-state index contributed by atoms with van der Waals surface area (Å²) < 4.78 is 46.6. The number of benzene rings is 1. The number of anilines is 1. The summed E-state index contributed by atoms with van der Waals surface area (Å²) in [6, 6.07) is 3.74. The van der Waals surface area contributed by atoms with Crippen LogP contribution in [0.15, 0.2) is 35.0 Å². The van der Waals surface area contributed by atoms with Crippen molar-refractivity contribution in [3.63, 3.8) is 0 Å². The molecule has 1 aromatic carbocycles. The van der Waals surface area contributed by atoms with Gasteiger partial charge in [0.25, 0.3) is 6.01 Å². The van der Waals surface area contributed by atoms with Crippen molar-refractivity contribution in [2.45, 2.75) is 37.2 Å². The van der Waals surface area contributed by atoms with Crippen LogP contribution in [0.2, 0.25) is 0 Å². The molecule has 164 valence electrons. The number of carboxylic acid groups (broad SMARTS) is 1. The fourth-order valence-corrected chi connectivity index (χ4v) is 4.46. The van der Waals surface area contributed by atoms with Crippen molar-refractivity contribution >= 4 is 23.2 Å². The molecule has 12 heteroatoms. The van der Waals surface area contributed by atoms with Crippen LogP contribution in [0.25, 0.3) is 16.8 Å². The molecule has 2 fully saturated rings. The van der Waals surface area contributed by atoms with Crippen molar-refractivity contribution in [1.82, 2.24) is 19.7 Å². The summed E-state index contributed by atoms with van der Waals surface area (Å²) in [7, 11) is 0. The highest BCUT2D eigenvalue weighted by Gasteiger charge is 2.44. The molecular weight excluding hydrogens is 419 g/mol. The summed E-state index contributed by atoms with van der Waals surface area (Å²) in [5.74, 6) is 0. The minimum atomic E-state index is -4.84. The van der Waals surface area contributed by atoms with Crippen LogP contribution in [-0.2, 0) is 0 Å². The zero-order chi connectivity index (χ0) is 21.9. The van der Waals surface area contributed by atoms with E-state index in [0.29, 0.717) is 13.1 Å². The number of oxazole rings is 1. The van der Waals surface area contributed by atoms with Gasteiger partial charge in [0, 0.05) is 25.5 Å². The summed E-state index contributed by atoms with van der Waals surface area (Å²) in [5, 5.41) is 23.3. The molecule has 3 unspecified atom stereocenters. The lowest BCUT2D eigenvalue weighted by Crippen LogP contribution is -2.55. The normalized spacial score (nSPS) is 22.3. The summed E-state index contributed by atoms with van der Waals surface area (Å²) in [6.45, 7) is 0.759.